The van der Waals surface area contributed by atoms with Gasteiger partial charge < -0.3 is 15.6 Å². The van der Waals surface area contributed by atoms with E-state index in [1.165, 1.54) is 12.1 Å². The highest BCUT2D eigenvalue weighted by Gasteiger charge is 2.36. The molecule has 3 N–H and O–H groups in total. The Hall–Kier alpha value is -3.99. The molecule has 0 aromatic heterocycles. The molecule has 1 atom stereocenters. The van der Waals surface area contributed by atoms with Crippen LogP contribution in [0.5, 0.6) is 5.75 Å². The third kappa shape index (κ3) is 5.31. The van der Waals surface area contributed by atoms with Crippen molar-refractivity contribution < 1.29 is 32.6 Å². The molecule has 2 aromatic carbocycles. The largest absolute Gasteiger partial charge is 0.508 e. The first-order valence-electron chi connectivity index (χ1n) is 10.4. The first kappa shape index (κ1) is 24.6. The van der Waals surface area contributed by atoms with Crippen LogP contribution in [0.25, 0.3) is 5.57 Å². The van der Waals surface area contributed by atoms with Crippen LogP contribution in [0.1, 0.15) is 47.3 Å². The van der Waals surface area contributed by atoms with Crippen molar-refractivity contribution in [2.75, 3.05) is 6.61 Å². The summed E-state index contributed by atoms with van der Waals surface area (Å²) in [4.78, 5) is 24.0. The van der Waals surface area contributed by atoms with Crippen molar-refractivity contribution in [3.05, 3.63) is 82.4 Å². The maximum atomic E-state index is 13.4. The van der Waals surface area contributed by atoms with Gasteiger partial charge in [-0.15, -0.1) is 0 Å². The summed E-state index contributed by atoms with van der Waals surface area (Å²) < 4.78 is 45.4. The number of halogens is 3. The molecule has 0 saturated heterocycles. The van der Waals surface area contributed by atoms with Gasteiger partial charge in [0.1, 0.15) is 5.75 Å². The minimum atomic E-state index is -4.70. The van der Waals surface area contributed by atoms with Crippen molar-refractivity contribution in [2.45, 2.75) is 26.4 Å². The molecule has 5 nitrogen and oxygen atoms in total. The molecule has 0 radical (unpaired) electrons. The first-order chi connectivity index (χ1) is 15.9. The summed E-state index contributed by atoms with van der Waals surface area (Å²) in [6, 6.07) is 9.19. The summed E-state index contributed by atoms with van der Waals surface area (Å²) in [6.45, 7) is 3.59. The number of alkyl halides is 3. The van der Waals surface area contributed by atoms with Crippen molar-refractivity contribution in [1.82, 2.24) is 0 Å². The van der Waals surface area contributed by atoms with Crippen LogP contribution in [0.15, 0.2) is 60.2 Å². The molecule has 0 bridgehead atoms. The van der Waals surface area contributed by atoms with Gasteiger partial charge in [0.15, 0.2) is 0 Å². The lowest BCUT2D eigenvalue weighted by atomic mass is 9.75. The van der Waals surface area contributed by atoms with Crippen LogP contribution < -0.4 is 5.73 Å². The lowest BCUT2D eigenvalue weighted by Gasteiger charge is -2.29. The smallest absolute Gasteiger partial charge is 0.417 e. The lowest BCUT2D eigenvalue weighted by molar-refractivity contribution is -0.151. The average Bonchev–Trinajstić information content (AvgIpc) is 2.78. The molecule has 0 fully saturated rings. The Kier molecular flexibility index (Phi) is 6.87. The van der Waals surface area contributed by atoms with Crippen LogP contribution in [0, 0.1) is 17.3 Å². The number of phenolic OH excluding ortho intramolecular Hbond substituents is 1. The number of hydrogen-bond donors (Lipinski definition) is 2. The van der Waals surface area contributed by atoms with Gasteiger partial charge in [0, 0.05) is 16.7 Å². The number of nitrogens with two attached hydrogens (primary N) is 1. The van der Waals surface area contributed by atoms with E-state index in [0.717, 1.165) is 12.1 Å². The monoisotopic (exact) mass is 469 g/mol. The lowest BCUT2D eigenvalue weighted by Crippen LogP contribution is -2.30. The molecule has 0 saturated carbocycles. The Morgan fingerprint density at radius 1 is 1.15 bits per heavy atom. The predicted molar refractivity (Wildman–Crippen MR) is 120 cm³/mol. The van der Waals surface area contributed by atoms with E-state index in [-0.39, 0.29) is 24.2 Å². The normalized spacial score (nSPS) is 17.7. The molecule has 0 aliphatic heterocycles. The molecule has 1 unspecified atom stereocenters. The Morgan fingerprint density at radius 2 is 1.82 bits per heavy atom. The molecule has 1 aliphatic carbocycles. The van der Waals surface area contributed by atoms with Crippen molar-refractivity contribution in [3.8, 4) is 17.6 Å². The number of amides is 1. The third-order valence-corrected chi connectivity index (χ3v) is 5.39. The molecule has 1 amide bonds. The number of hydrogen-bond acceptors (Lipinski definition) is 4. The molecular weight excluding hydrogens is 447 g/mol. The van der Waals surface area contributed by atoms with E-state index in [1.54, 1.807) is 38.1 Å². The van der Waals surface area contributed by atoms with Gasteiger partial charge in [-0.25, -0.2) is 0 Å². The summed E-state index contributed by atoms with van der Waals surface area (Å²) in [6.07, 6.45) is -1.31. The van der Waals surface area contributed by atoms with Crippen molar-refractivity contribution in [3.63, 3.8) is 0 Å². The van der Waals surface area contributed by atoms with Gasteiger partial charge in [0.05, 0.1) is 17.6 Å². The van der Waals surface area contributed by atoms with Crippen molar-refractivity contribution in [1.29, 1.82) is 0 Å². The molecule has 34 heavy (non-hydrogen) atoms. The molecule has 3 rings (SSSR count). The maximum Gasteiger partial charge on any atom is 0.417 e. The molecule has 8 heteroatoms. The van der Waals surface area contributed by atoms with Crippen LogP contribution in [-0.2, 0) is 15.7 Å². The maximum absolute atomic E-state index is 13.4. The molecule has 0 heterocycles. The van der Waals surface area contributed by atoms with E-state index in [1.807, 2.05) is 0 Å². The SMILES string of the molecule is CCOC(=O)C1(C)C=CC(C#Cc2ccc(O)cc2C(F)(F)F)=C(c2ccc(C(N)=O)cc2)C1. The van der Waals surface area contributed by atoms with E-state index in [9.17, 15) is 27.9 Å². The number of phenols is 1. The van der Waals surface area contributed by atoms with Gasteiger partial charge in [-0.1, -0.05) is 30.0 Å². The second-order valence-electron chi connectivity index (χ2n) is 7.96. The highest BCUT2D eigenvalue weighted by Crippen LogP contribution is 2.40. The Balaban J connectivity index is 2.12. The van der Waals surface area contributed by atoms with Crippen molar-refractivity contribution >= 4 is 17.4 Å². The topological polar surface area (TPSA) is 89.6 Å². The minimum Gasteiger partial charge on any atom is -0.508 e. The van der Waals surface area contributed by atoms with Crippen LogP contribution in [0.3, 0.4) is 0 Å². The number of esters is 1. The zero-order valence-electron chi connectivity index (χ0n) is 18.5. The second kappa shape index (κ2) is 9.48. The van der Waals surface area contributed by atoms with Crippen LogP contribution in [0.2, 0.25) is 0 Å². The summed E-state index contributed by atoms with van der Waals surface area (Å²) in [7, 11) is 0. The zero-order chi connectivity index (χ0) is 25.1. The summed E-state index contributed by atoms with van der Waals surface area (Å²) in [5, 5.41) is 9.48. The van der Waals surface area contributed by atoms with Gasteiger partial charge >= 0.3 is 12.1 Å². The van der Waals surface area contributed by atoms with Crippen LogP contribution >= 0.6 is 0 Å². The zero-order valence-corrected chi connectivity index (χ0v) is 18.5. The van der Waals surface area contributed by atoms with E-state index >= 15 is 0 Å². The average molecular weight is 469 g/mol. The number of carbonyl (C=O) groups excluding carboxylic acids is 2. The van der Waals surface area contributed by atoms with E-state index in [4.69, 9.17) is 10.5 Å². The molecule has 176 valence electrons. The number of rotatable bonds is 4. The quantitative estimate of drug-likeness (QED) is 0.495. The number of primary amides is 1. The first-order valence-corrected chi connectivity index (χ1v) is 10.4. The molecular formula is C26H22F3NO4. The molecule has 2 aromatic rings. The Labute approximate surface area is 194 Å². The number of benzene rings is 2. The number of ether oxygens (including phenoxy) is 1. The van der Waals surface area contributed by atoms with Gasteiger partial charge in [0.2, 0.25) is 5.91 Å². The molecule has 1 aliphatic rings. The van der Waals surface area contributed by atoms with Crippen molar-refractivity contribution in [2.24, 2.45) is 11.1 Å². The highest BCUT2D eigenvalue weighted by atomic mass is 19.4. The number of aromatic hydroxyl groups is 1. The minimum absolute atomic E-state index is 0.184. The summed E-state index contributed by atoms with van der Waals surface area (Å²) >= 11 is 0. The standard InChI is InChI=1S/C26H22F3NO4/c1-3-34-24(33)25(2)13-12-17(21(15-25)16-5-8-19(9-6-16)23(30)32)4-7-18-10-11-20(31)14-22(18)26(27,28)29/h5-6,8-14,31H,3,15H2,1-2H3,(H2,30,32). The fourth-order valence-electron chi connectivity index (χ4n) is 3.55. The van der Waals surface area contributed by atoms with Gasteiger partial charge in [-0.05, 0) is 67.8 Å². The predicted octanol–water partition coefficient (Wildman–Crippen LogP) is 4.84. The van der Waals surface area contributed by atoms with Crippen LogP contribution in [0.4, 0.5) is 13.2 Å². The number of allylic oxidation sites excluding steroid dienone is 3. The third-order valence-electron chi connectivity index (χ3n) is 5.39. The highest BCUT2D eigenvalue weighted by molar-refractivity contribution is 5.93. The number of carbonyl (C=O) groups is 2. The Bertz CT molecular complexity index is 1250. The summed E-state index contributed by atoms with van der Waals surface area (Å²) in [5.74, 6) is 3.76. The van der Waals surface area contributed by atoms with Gasteiger partial charge in [0.25, 0.3) is 0 Å². The second-order valence-corrected chi connectivity index (χ2v) is 7.96. The van der Waals surface area contributed by atoms with Crippen LogP contribution in [-0.4, -0.2) is 23.6 Å². The van der Waals surface area contributed by atoms with Gasteiger partial charge in [-0.3, -0.25) is 9.59 Å². The van der Waals surface area contributed by atoms with E-state index in [2.05, 4.69) is 11.8 Å². The fraction of sp³-hybridized carbons (Fsp3) is 0.231. The summed E-state index contributed by atoms with van der Waals surface area (Å²) in [5.41, 5.74) is 4.89. The fourth-order valence-corrected chi connectivity index (χ4v) is 3.55. The van der Waals surface area contributed by atoms with E-state index in [0.29, 0.717) is 22.8 Å². The van der Waals surface area contributed by atoms with E-state index < -0.39 is 34.8 Å². The molecule has 0 spiro atoms. The van der Waals surface area contributed by atoms with Gasteiger partial charge in [-0.2, -0.15) is 13.2 Å². The Morgan fingerprint density at radius 3 is 2.41 bits per heavy atom.